The van der Waals surface area contributed by atoms with E-state index in [1.165, 1.54) is 82.0 Å². The Hall–Kier alpha value is -6.18. The molecule has 47 heavy (non-hydrogen) atoms. The molecule has 0 aliphatic heterocycles. The van der Waals surface area contributed by atoms with Crippen molar-refractivity contribution in [1.82, 2.24) is 0 Å². The van der Waals surface area contributed by atoms with Crippen LogP contribution in [0.25, 0.3) is 98.8 Å². The van der Waals surface area contributed by atoms with Gasteiger partial charge in [0.05, 0.1) is 0 Å². The van der Waals surface area contributed by atoms with Crippen LogP contribution < -0.4 is 0 Å². The normalized spacial score (nSPS) is 11.8. The van der Waals surface area contributed by atoms with Crippen LogP contribution in [0.3, 0.4) is 0 Å². The number of hydrogen-bond donors (Lipinski definition) is 0. The Morgan fingerprint density at radius 2 is 0.851 bits per heavy atom. The maximum atomic E-state index is 6.57. The van der Waals surface area contributed by atoms with Crippen LogP contribution in [0, 0.1) is 0 Å². The molecule has 0 unspecified atom stereocenters. The Balaban J connectivity index is 1.33. The highest BCUT2D eigenvalue weighted by Gasteiger charge is 2.22. The van der Waals surface area contributed by atoms with Gasteiger partial charge in [0.1, 0.15) is 11.2 Å². The lowest BCUT2D eigenvalue weighted by Crippen LogP contribution is -1.92. The monoisotopic (exact) mass is 596 g/mol. The van der Waals surface area contributed by atoms with Crippen molar-refractivity contribution in [1.29, 1.82) is 0 Å². The van der Waals surface area contributed by atoms with Crippen LogP contribution in [-0.2, 0) is 0 Å². The van der Waals surface area contributed by atoms with Gasteiger partial charge in [0.2, 0.25) is 0 Å². The smallest absolute Gasteiger partial charge is 0.136 e. The van der Waals surface area contributed by atoms with Gasteiger partial charge in [0.15, 0.2) is 0 Å². The quantitative estimate of drug-likeness (QED) is 0.145. The van der Waals surface area contributed by atoms with Crippen LogP contribution in [0.2, 0.25) is 0 Å². The van der Waals surface area contributed by atoms with Crippen molar-refractivity contribution in [2.24, 2.45) is 0 Å². The molecule has 218 valence electrons. The van der Waals surface area contributed by atoms with E-state index < -0.39 is 0 Å². The molecule has 0 saturated carbocycles. The predicted octanol–water partition coefficient (Wildman–Crippen LogP) is 13.2. The average molecular weight is 597 g/mol. The van der Waals surface area contributed by atoms with Crippen LogP contribution in [0.15, 0.2) is 174 Å². The summed E-state index contributed by atoms with van der Waals surface area (Å²) in [6.07, 6.45) is 0. The molecule has 0 amide bonds. The maximum absolute atomic E-state index is 6.57. The van der Waals surface area contributed by atoms with Crippen LogP contribution in [0.4, 0.5) is 0 Å². The molecule has 0 aliphatic carbocycles. The summed E-state index contributed by atoms with van der Waals surface area (Å²) in [5.74, 6) is 0. The lowest BCUT2D eigenvalue weighted by Gasteiger charge is -2.20. The summed E-state index contributed by atoms with van der Waals surface area (Å²) in [7, 11) is 0. The molecule has 10 aromatic rings. The number of hydrogen-bond acceptors (Lipinski definition) is 1. The first kappa shape index (κ1) is 26.1. The second-order valence-electron chi connectivity index (χ2n) is 12.4. The minimum atomic E-state index is 0.928. The second kappa shape index (κ2) is 10.2. The fourth-order valence-electron chi connectivity index (χ4n) is 7.76. The zero-order chi connectivity index (χ0) is 30.9. The molecule has 1 aromatic heterocycles. The average Bonchev–Trinajstić information content (AvgIpc) is 3.53. The highest BCUT2D eigenvalue weighted by atomic mass is 16.3. The first-order valence-corrected chi connectivity index (χ1v) is 16.2. The summed E-state index contributed by atoms with van der Waals surface area (Å²) in [4.78, 5) is 0. The molecule has 0 radical (unpaired) electrons. The minimum Gasteiger partial charge on any atom is -0.456 e. The van der Waals surface area contributed by atoms with Crippen LogP contribution in [-0.4, -0.2) is 0 Å². The van der Waals surface area contributed by atoms with Crippen molar-refractivity contribution in [2.45, 2.75) is 0 Å². The van der Waals surface area contributed by atoms with Gasteiger partial charge in [-0.15, -0.1) is 0 Å². The van der Waals surface area contributed by atoms with Crippen molar-refractivity contribution in [3.05, 3.63) is 170 Å². The first-order chi connectivity index (χ1) is 23.3. The molecule has 0 N–H and O–H groups in total. The van der Waals surface area contributed by atoms with E-state index in [-0.39, 0.29) is 0 Å². The standard InChI is InChI=1S/C46H28O/c1-3-13-29(14-4-1)31-17-11-18-32(25-31)43-35-20-7-9-22-37(35)45(38-23-10-8-21-36(38)43)39-26-33-19-12-24-41-44(33)46-40(39)27-34(28-42(46)47-41)30-15-5-2-6-16-30/h1-28H. The highest BCUT2D eigenvalue weighted by molar-refractivity contribution is 6.30. The lowest BCUT2D eigenvalue weighted by molar-refractivity contribution is 0.669. The molecule has 0 bridgehead atoms. The molecule has 0 aliphatic rings. The fraction of sp³-hybridized carbons (Fsp3) is 0. The molecule has 0 saturated heterocycles. The van der Waals surface area contributed by atoms with E-state index in [9.17, 15) is 0 Å². The van der Waals surface area contributed by atoms with Crippen molar-refractivity contribution in [3.8, 4) is 44.5 Å². The Bertz CT molecular complexity index is 2710. The second-order valence-corrected chi connectivity index (χ2v) is 12.4. The van der Waals surface area contributed by atoms with E-state index in [1.807, 2.05) is 0 Å². The molecular weight excluding hydrogens is 569 g/mol. The maximum Gasteiger partial charge on any atom is 0.136 e. The molecule has 0 atom stereocenters. The third-order valence-corrected chi connectivity index (χ3v) is 9.79. The largest absolute Gasteiger partial charge is 0.456 e. The fourth-order valence-corrected chi connectivity index (χ4v) is 7.76. The summed E-state index contributed by atoms with van der Waals surface area (Å²) in [5.41, 5.74) is 11.6. The van der Waals surface area contributed by atoms with Gasteiger partial charge in [-0.25, -0.2) is 0 Å². The van der Waals surface area contributed by atoms with Gasteiger partial charge >= 0.3 is 0 Å². The molecular formula is C46H28O. The zero-order valence-electron chi connectivity index (χ0n) is 25.6. The molecule has 9 aromatic carbocycles. The van der Waals surface area contributed by atoms with E-state index in [0.717, 1.165) is 16.7 Å². The molecule has 10 rings (SSSR count). The summed E-state index contributed by atoms with van der Waals surface area (Å²) in [6.45, 7) is 0. The molecule has 0 fully saturated rings. The first-order valence-electron chi connectivity index (χ1n) is 16.2. The van der Waals surface area contributed by atoms with Crippen LogP contribution >= 0.6 is 0 Å². The number of benzene rings is 9. The van der Waals surface area contributed by atoms with Crippen molar-refractivity contribution in [3.63, 3.8) is 0 Å². The summed E-state index contributed by atoms with van der Waals surface area (Å²) in [5, 5.41) is 9.80. The van der Waals surface area contributed by atoms with Gasteiger partial charge in [-0.05, 0) is 107 Å². The number of fused-ring (bicyclic) bond motifs is 2. The highest BCUT2D eigenvalue weighted by Crippen LogP contribution is 2.49. The van der Waals surface area contributed by atoms with E-state index in [0.29, 0.717) is 0 Å². The van der Waals surface area contributed by atoms with Crippen molar-refractivity contribution < 1.29 is 4.42 Å². The van der Waals surface area contributed by atoms with Crippen molar-refractivity contribution in [2.75, 3.05) is 0 Å². The summed E-state index contributed by atoms with van der Waals surface area (Å²) < 4.78 is 6.57. The number of furan rings is 1. The third-order valence-electron chi connectivity index (χ3n) is 9.79. The number of rotatable bonds is 4. The topological polar surface area (TPSA) is 13.1 Å². The van der Waals surface area contributed by atoms with Crippen LogP contribution in [0.1, 0.15) is 0 Å². The SMILES string of the molecule is c1ccc(-c2cccc(-c3c4ccccc4c(-c4cc5cccc6oc7cc(-c8ccccc8)cc4c7c56)c4ccccc34)c2)cc1. The lowest BCUT2D eigenvalue weighted by atomic mass is 9.83. The van der Waals surface area contributed by atoms with Gasteiger partial charge in [-0.2, -0.15) is 0 Å². The van der Waals surface area contributed by atoms with Gasteiger partial charge < -0.3 is 4.42 Å². The summed E-state index contributed by atoms with van der Waals surface area (Å²) >= 11 is 0. The van der Waals surface area contributed by atoms with Gasteiger partial charge in [0, 0.05) is 10.8 Å². The van der Waals surface area contributed by atoms with Gasteiger partial charge in [-0.1, -0.05) is 140 Å². The third kappa shape index (κ3) is 3.97. The van der Waals surface area contributed by atoms with Crippen LogP contribution in [0.5, 0.6) is 0 Å². The van der Waals surface area contributed by atoms with Gasteiger partial charge in [0.25, 0.3) is 0 Å². The zero-order valence-corrected chi connectivity index (χ0v) is 25.6. The molecule has 0 spiro atoms. The molecule has 1 heteroatoms. The Morgan fingerprint density at radius 3 is 1.53 bits per heavy atom. The molecule has 1 nitrogen and oxygen atoms in total. The van der Waals surface area contributed by atoms with E-state index in [1.54, 1.807) is 0 Å². The predicted molar refractivity (Wildman–Crippen MR) is 199 cm³/mol. The minimum absolute atomic E-state index is 0.928. The van der Waals surface area contributed by atoms with E-state index >= 15 is 0 Å². The molecule has 1 heterocycles. The summed E-state index contributed by atoms with van der Waals surface area (Å²) in [6, 6.07) is 61.5. The van der Waals surface area contributed by atoms with E-state index in [4.69, 9.17) is 4.42 Å². The van der Waals surface area contributed by atoms with Crippen molar-refractivity contribution >= 4 is 54.3 Å². The van der Waals surface area contributed by atoms with Gasteiger partial charge in [-0.3, -0.25) is 0 Å². The Morgan fingerprint density at radius 1 is 0.298 bits per heavy atom. The Labute approximate surface area is 272 Å². The Kier molecular flexibility index (Phi) is 5.64. The van der Waals surface area contributed by atoms with E-state index in [2.05, 4.69) is 170 Å².